The molecule has 0 spiro atoms. The Morgan fingerprint density at radius 2 is 2.28 bits per heavy atom. The third-order valence-corrected chi connectivity index (χ3v) is 4.52. The second-order valence-electron chi connectivity index (χ2n) is 5.55. The molecule has 96 valence electrons. The number of anilines is 1. The highest BCUT2D eigenvalue weighted by Crippen LogP contribution is 2.44. The number of hydrogen-bond donors (Lipinski definition) is 2. The molecule has 0 unspecified atom stereocenters. The van der Waals surface area contributed by atoms with Crippen LogP contribution in [0.3, 0.4) is 0 Å². The molecule has 1 aromatic rings. The maximum Gasteiger partial charge on any atom is 0.172 e. The van der Waals surface area contributed by atoms with Crippen molar-refractivity contribution >= 4 is 23.1 Å². The minimum Gasteiger partial charge on any atom is -0.359 e. The van der Waals surface area contributed by atoms with Gasteiger partial charge in [0.15, 0.2) is 5.11 Å². The van der Waals surface area contributed by atoms with Crippen LogP contribution in [-0.2, 0) is 0 Å². The number of rotatable bonds is 2. The Hall–Kier alpha value is -1.16. The molecule has 2 bridgehead atoms. The van der Waals surface area contributed by atoms with Crippen molar-refractivity contribution in [1.29, 1.82) is 0 Å². The van der Waals surface area contributed by atoms with Crippen molar-refractivity contribution in [2.75, 3.05) is 5.32 Å². The number of aromatic nitrogens is 1. The van der Waals surface area contributed by atoms with Crippen LogP contribution in [0.15, 0.2) is 18.3 Å². The average Bonchev–Trinajstić information content (AvgIpc) is 2.94. The molecule has 2 fully saturated rings. The molecule has 4 heteroatoms. The second kappa shape index (κ2) is 4.84. The standard InChI is InChI=1S/C14H19N3S/c1-9-3-2-6-15-13(9)17-14(18)16-12-8-10-4-5-11(12)7-10/h2-3,6,10-12H,4-5,7-8H2,1H3,(H2,15,16,17,18)/t10-,11+,12-/m0/s1. The van der Waals surface area contributed by atoms with Crippen LogP contribution in [0.4, 0.5) is 5.82 Å². The molecule has 1 aromatic heterocycles. The first kappa shape index (κ1) is 11.9. The highest BCUT2D eigenvalue weighted by molar-refractivity contribution is 7.80. The fourth-order valence-electron chi connectivity index (χ4n) is 3.35. The molecule has 18 heavy (non-hydrogen) atoms. The van der Waals surface area contributed by atoms with Gasteiger partial charge in [0.1, 0.15) is 5.82 Å². The summed E-state index contributed by atoms with van der Waals surface area (Å²) in [6.45, 7) is 2.04. The number of nitrogens with zero attached hydrogens (tertiary/aromatic N) is 1. The maximum absolute atomic E-state index is 5.39. The molecule has 0 aliphatic heterocycles. The zero-order chi connectivity index (χ0) is 12.5. The summed E-state index contributed by atoms with van der Waals surface area (Å²) >= 11 is 5.39. The van der Waals surface area contributed by atoms with Crippen molar-refractivity contribution in [1.82, 2.24) is 10.3 Å². The van der Waals surface area contributed by atoms with Crippen molar-refractivity contribution in [3.63, 3.8) is 0 Å². The Balaban J connectivity index is 1.58. The lowest BCUT2D eigenvalue weighted by molar-refractivity contribution is 0.392. The van der Waals surface area contributed by atoms with Crippen LogP contribution in [0.2, 0.25) is 0 Å². The van der Waals surface area contributed by atoms with E-state index in [0.717, 1.165) is 23.2 Å². The van der Waals surface area contributed by atoms with E-state index < -0.39 is 0 Å². The summed E-state index contributed by atoms with van der Waals surface area (Å²) in [6.07, 6.45) is 7.25. The largest absolute Gasteiger partial charge is 0.359 e. The zero-order valence-corrected chi connectivity index (χ0v) is 11.5. The molecule has 3 atom stereocenters. The van der Waals surface area contributed by atoms with Crippen LogP contribution >= 0.6 is 12.2 Å². The molecule has 0 amide bonds. The minimum atomic E-state index is 0.577. The van der Waals surface area contributed by atoms with Gasteiger partial charge < -0.3 is 10.6 Å². The summed E-state index contributed by atoms with van der Waals surface area (Å²) in [5, 5.41) is 7.39. The van der Waals surface area contributed by atoms with E-state index in [0.29, 0.717) is 11.2 Å². The Bertz CT molecular complexity index is 460. The van der Waals surface area contributed by atoms with E-state index in [9.17, 15) is 0 Å². The number of pyridine rings is 1. The molecule has 0 aromatic carbocycles. The average molecular weight is 261 g/mol. The Labute approximate surface area is 113 Å². The zero-order valence-electron chi connectivity index (χ0n) is 10.6. The lowest BCUT2D eigenvalue weighted by Gasteiger charge is -2.24. The van der Waals surface area contributed by atoms with Crippen LogP contribution in [0.1, 0.15) is 31.2 Å². The lowest BCUT2D eigenvalue weighted by atomic mass is 9.96. The topological polar surface area (TPSA) is 37.0 Å². The fraction of sp³-hybridized carbons (Fsp3) is 0.571. The SMILES string of the molecule is Cc1cccnc1NC(=S)N[C@H]1C[C@H]2CC[C@@H]1C2. The molecule has 3 nitrogen and oxygen atoms in total. The minimum absolute atomic E-state index is 0.577. The van der Waals surface area contributed by atoms with Crippen molar-refractivity contribution in [3.05, 3.63) is 23.9 Å². The van der Waals surface area contributed by atoms with Crippen LogP contribution in [0, 0.1) is 18.8 Å². The summed E-state index contributed by atoms with van der Waals surface area (Å²) in [7, 11) is 0. The quantitative estimate of drug-likeness (QED) is 0.803. The van der Waals surface area contributed by atoms with E-state index in [1.807, 2.05) is 19.1 Å². The number of thiocarbonyl (C=S) groups is 1. The van der Waals surface area contributed by atoms with Crippen LogP contribution < -0.4 is 10.6 Å². The molecule has 1 heterocycles. The van der Waals surface area contributed by atoms with E-state index in [2.05, 4.69) is 15.6 Å². The summed E-state index contributed by atoms with van der Waals surface area (Å²) in [6, 6.07) is 4.55. The van der Waals surface area contributed by atoms with Gasteiger partial charge >= 0.3 is 0 Å². The van der Waals surface area contributed by atoms with Gasteiger partial charge in [-0.25, -0.2) is 4.98 Å². The molecule has 3 rings (SSSR count). The molecular weight excluding hydrogens is 242 g/mol. The van der Waals surface area contributed by atoms with Gasteiger partial charge in [-0.1, -0.05) is 12.5 Å². The Kier molecular flexibility index (Phi) is 3.20. The van der Waals surface area contributed by atoms with Gasteiger partial charge in [0.2, 0.25) is 0 Å². The van der Waals surface area contributed by atoms with Gasteiger partial charge in [-0.3, -0.25) is 0 Å². The van der Waals surface area contributed by atoms with Gasteiger partial charge in [-0.05, 0) is 61.9 Å². The van der Waals surface area contributed by atoms with Crippen molar-refractivity contribution in [2.24, 2.45) is 11.8 Å². The molecule has 2 N–H and O–H groups in total. The molecular formula is C14H19N3S. The third kappa shape index (κ3) is 2.34. The summed E-state index contributed by atoms with van der Waals surface area (Å²) in [4.78, 5) is 4.30. The number of nitrogens with one attached hydrogen (secondary N) is 2. The van der Waals surface area contributed by atoms with Gasteiger partial charge in [-0.15, -0.1) is 0 Å². The second-order valence-corrected chi connectivity index (χ2v) is 5.96. The van der Waals surface area contributed by atoms with Gasteiger partial charge in [0, 0.05) is 12.2 Å². The molecule has 0 radical (unpaired) electrons. The normalized spacial score (nSPS) is 29.3. The summed E-state index contributed by atoms with van der Waals surface area (Å²) in [5.41, 5.74) is 1.12. The monoisotopic (exact) mass is 261 g/mol. The van der Waals surface area contributed by atoms with E-state index in [1.165, 1.54) is 25.7 Å². The predicted octanol–water partition coefficient (Wildman–Crippen LogP) is 2.87. The van der Waals surface area contributed by atoms with Gasteiger partial charge in [0.05, 0.1) is 0 Å². The summed E-state index contributed by atoms with van der Waals surface area (Å²) < 4.78 is 0. The van der Waals surface area contributed by atoms with Crippen molar-refractivity contribution in [2.45, 2.75) is 38.6 Å². The highest BCUT2D eigenvalue weighted by atomic mass is 32.1. The van der Waals surface area contributed by atoms with E-state index in [1.54, 1.807) is 6.20 Å². The van der Waals surface area contributed by atoms with Crippen molar-refractivity contribution < 1.29 is 0 Å². The smallest absolute Gasteiger partial charge is 0.172 e. The van der Waals surface area contributed by atoms with E-state index >= 15 is 0 Å². The Morgan fingerprint density at radius 1 is 1.39 bits per heavy atom. The molecule has 2 aliphatic carbocycles. The van der Waals surface area contributed by atoms with Crippen molar-refractivity contribution in [3.8, 4) is 0 Å². The summed E-state index contributed by atoms with van der Waals surface area (Å²) in [5.74, 6) is 2.63. The fourth-order valence-corrected chi connectivity index (χ4v) is 3.60. The maximum atomic E-state index is 5.39. The number of hydrogen-bond acceptors (Lipinski definition) is 2. The van der Waals surface area contributed by atoms with Gasteiger partial charge in [0.25, 0.3) is 0 Å². The Morgan fingerprint density at radius 3 is 2.94 bits per heavy atom. The third-order valence-electron chi connectivity index (χ3n) is 4.30. The van der Waals surface area contributed by atoms with Crippen LogP contribution in [0.5, 0.6) is 0 Å². The first-order valence-corrected chi connectivity index (χ1v) is 7.12. The molecule has 2 saturated carbocycles. The first-order chi connectivity index (χ1) is 8.72. The van der Waals surface area contributed by atoms with E-state index in [-0.39, 0.29) is 0 Å². The lowest BCUT2D eigenvalue weighted by Crippen LogP contribution is -2.41. The highest BCUT2D eigenvalue weighted by Gasteiger charge is 2.39. The van der Waals surface area contributed by atoms with Crippen LogP contribution in [-0.4, -0.2) is 16.1 Å². The van der Waals surface area contributed by atoms with Crippen LogP contribution in [0.25, 0.3) is 0 Å². The first-order valence-electron chi connectivity index (χ1n) is 6.71. The molecule has 2 aliphatic rings. The number of aryl methyl sites for hydroxylation is 1. The predicted molar refractivity (Wildman–Crippen MR) is 77.6 cm³/mol. The van der Waals surface area contributed by atoms with Gasteiger partial charge in [-0.2, -0.15) is 0 Å². The van der Waals surface area contributed by atoms with E-state index in [4.69, 9.17) is 12.2 Å². The number of fused-ring (bicyclic) bond motifs is 2. The molecule has 0 saturated heterocycles.